The van der Waals surface area contributed by atoms with Crippen molar-refractivity contribution in [3.63, 3.8) is 0 Å². The molecule has 0 N–H and O–H groups in total. The minimum absolute atomic E-state index is 0.884. The maximum atomic E-state index is 2.39. The molecule has 4 heteroatoms. The van der Waals surface area contributed by atoms with Crippen LogP contribution in [0.15, 0.2) is 122 Å². The van der Waals surface area contributed by atoms with Gasteiger partial charge in [0.1, 0.15) is 14.1 Å². The monoisotopic (exact) mass is 610 g/mol. The molecular weight excluding hydrogens is 573 g/mol. The second kappa shape index (κ2) is 11.6. The van der Waals surface area contributed by atoms with Crippen molar-refractivity contribution < 1.29 is 9.13 Å². The van der Waals surface area contributed by atoms with Crippen LogP contribution in [0.4, 0.5) is 0 Å². The number of pyridine rings is 2. The summed E-state index contributed by atoms with van der Waals surface area (Å²) in [5.74, 6) is 0. The van der Waals surface area contributed by atoms with E-state index < -0.39 is 0 Å². The molecule has 4 heterocycles. The van der Waals surface area contributed by atoms with Crippen molar-refractivity contribution in [1.82, 2.24) is 9.13 Å². The van der Waals surface area contributed by atoms with E-state index in [1.54, 1.807) is 0 Å². The number of hydrogen-bond acceptors (Lipinski definition) is 0. The molecule has 0 aliphatic rings. The van der Waals surface area contributed by atoms with Crippen molar-refractivity contribution >= 4 is 67.9 Å². The van der Waals surface area contributed by atoms with Gasteiger partial charge in [-0.3, -0.25) is 0 Å². The summed E-state index contributed by atoms with van der Waals surface area (Å²) in [5, 5.41) is 5.19. The van der Waals surface area contributed by atoms with Gasteiger partial charge in [0.15, 0.2) is 24.8 Å². The number of hydrogen-bond donors (Lipinski definition) is 0. The largest absolute Gasteiger partial charge is 0.344 e. The molecule has 0 spiro atoms. The molecule has 47 heavy (non-hydrogen) atoms. The van der Waals surface area contributed by atoms with Gasteiger partial charge in [0.2, 0.25) is 0 Å². The predicted octanol–water partition coefficient (Wildman–Crippen LogP) is 8.56. The van der Waals surface area contributed by atoms with Crippen LogP contribution in [0.3, 0.4) is 0 Å². The third-order valence-corrected chi connectivity index (χ3v) is 9.54. The van der Waals surface area contributed by atoms with Crippen molar-refractivity contribution in [3.8, 4) is 0 Å². The fraction of sp³-hybridized carbons (Fsp3) is 0.116. The first kappa shape index (κ1) is 28.7. The minimum atomic E-state index is 0.884. The molecule has 0 aliphatic carbocycles. The van der Waals surface area contributed by atoms with Crippen molar-refractivity contribution in [1.29, 1.82) is 0 Å². The molecule has 4 aromatic heterocycles. The molecule has 0 unspecified atom stereocenters. The van der Waals surface area contributed by atoms with Crippen molar-refractivity contribution in [2.24, 2.45) is 28.2 Å². The lowest BCUT2D eigenvalue weighted by molar-refractivity contribution is -0.671. The Balaban J connectivity index is 1.12. The Hall–Kier alpha value is -5.74. The van der Waals surface area contributed by atoms with Gasteiger partial charge in [-0.25, -0.2) is 9.13 Å². The van der Waals surface area contributed by atoms with E-state index in [1.807, 2.05) is 14.1 Å². The summed E-state index contributed by atoms with van der Waals surface area (Å²) in [6.07, 6.45) is 18.0. The van der Waals surface area contributed by atoms with E-state index >= 15 is 0 Å². The first-order chi connectivity index (χ1) is 22.9. The first-order valence-corrected chi connectivity index (χ1v) is 16.2. The van der Waals surface area contributed by atoms with Crippen LogP contribution in [-0.4, -0.2) is 9.13 Å². The van der Waals surface area contributed by atoms with Crippen LogP contribution < -0.4 is 9.13 Å². The van der Waals surface area contributed by atoms with Gasteiger partial charge in [-0.2, -0.15) is 0 Å². The molecule has 0 amide bonds. The van der Waals surface area contributed by atoms with Gasteiger partial charge >= 0.3 is 0 Å². The summed E-state index contributed by atoms with van der Waals surface area (Å²) < 4.78 is 8.73. The van der Waals surface area contributed by atoms with Crippen LogP contribution >= 0.6 is 0 Å². The standard InChI is InChI=1S/C43H38N4/c1-44-21-17-30(18-22-44)5-7-32-9-13-40-36(26-32)38-28-34(11-15-42(38)46(40)3)25-35-12-16-43-39(29-35)37-27-33(10-14-41(37)47(43)4)8-6-31-19-23-45(2)24-20-31/h5-24,26-29H,25H2,1-4H3/q+2. The summed E-state index contributed by atoms with van der Waals surface area (Å²) in [4.78, 5) is 0. The highest BCUT2D eigenvalue weighted by molar-refractivity contribution is 6.10. The predicted molar refractivity (Wildman–Crippen MR) is 197 cm³/mol. The number of nitrogens with zero attached hydrogens (tertiary/aromatic N) is 4. The lowest BCUT2D eigenvalue weighted by atomic mass is 10.00. The molecule has 4 aromatic carbocycles. The van der Waals surface area contributed by atoms with E-state index in [1.165, 1.54) is 77.0 Å². The summed E-state index contributed by atoms with van der Waals surface area (Å²) in [6, 6.07) is 36.0. The first-order valence-electron chi connectivity index (χ1n) is 16.2. The zero-order valence-electron chi connectivity index (χ0n) is 27.4. The van der Waals surface area contributed by atoms with E-state index in [4.69, 9.17) is 0 Å². The molecule has 8 rings (SSSR count). The average molecular weight is 611 g/mol. The van der Waals surface area contributed by atoms with Crippen LogP contribution in [0.1, 0.15) is 33.4 Å². The van der Waals surface area contributed by atoms with Gasteiger partial charge in [0, 0.05) is 82.0 Å². The molecule has 0 fully saturated rings. The van der Waals surface area contributed by atoms with Crippen molar-refractivity contribution in [3.05, 3.63) is 155 Å². The molecule has 0 bridgehead atoms. The average Bonchev–Trinajstić information content (AvgIpc) is 3.53. The molecule has 0 atom stereocenters. The zero-order chi connectivity index (χ0) is 32.1. The third kappa shape index (κ3) is 5.42. The van der Waals surface area contributed by atoms with Gasteiger partial charge < -0.3 is 9.13 Å². The lowest BCUT2D eigenvalue weighted by Crippen LogP contribution is -2.25. The Morgan fingerprint density at radius 3 is 1.17 bits per heavy atom. The second-order valence-electron chi connectivity index (χ2n) is 12.8. The van der Waals surface area contributed by atoms with Gasteiger partial charge in [0.05, 0.1) is 0 Å². The van der Waals surface area contributed by atoms with E-state index in [2.05, 4.69) is 179 Å². The number of aromatic nitrogens is 4. The Kier molecular flexibility index (Phi) is 7.06. The smallest absolute Gasteiger partial charge is 0.169 e. The van der Waals surface area contributed by atoms with Crippen LogP contribution in [-0.2, 0) is 34.6 Å². The van der Waals surface area contributed by atoms with Gasteiger partial charge in [0.25, 0.3) is 0 Å². The van der Waals surface area contributed by atoms with E-state index in [-0.39, 0.29) is 0 Å². The Bertz CT molecular complexity index is 2330. The molecule has 0 saturated carbocycles. The van der Waals surface area contributed by atoms with Gasteiger partial charge in [-0.15, -0.1) is 0 Å². The second-order valence-corrected chi connectivity index (χ2v) is 12.8. The Labute approximate surface area is 275 Å². The van der Waals surface area contributed by atoms with E-state index in [0.717, 1.165) is 6.42 Å². The summed E-state index contributed by atoms with van der Waals surface area (Å²) in [6.45, 7) is 0. The molecule has 0 aliphatic heterocycles. The number of aryl methyl sites for hydroxylation is 4. The summed E-state index contributed by atoms with van der Waals surface area (Å²) in [5.41, 5.74) is 12.5. The van der Waals surface area contributed by atoms with Crippen LogP contribution in [0.2, 0.25) is 0 Å². The zero-order valence-corrected chi connectivity index (χ0v) is 27.4. The highest BCUT2D eigenvalue weighted by atomic mass is 14.9. The Morgan fingerprint density at radius 2 is 0.766 bits per heavy atom. The fourth-order valence-corrected chi connectivity index (χ4v) is 6.86. The lowest BCUT2D eigenvalue weighted by Gasteiger charge is -2.05. The number of fused-ring (bicyclic) bond motifs is 6. The van der Waals surface area contributed by atoms with Crippen molar-refractivity contribution in [2.75, 3.05) is 0 Å². The van der Waals surface area contributed by atoms with Gasteiger partial charge in [-0.1, -0.05) is 48.6 Å². The highest BCUT2D eigenvalue weighted by Gasteiger charge is 2.12. The van der Waals surface area contributed by atoms with E-state index in [0.29, 0.717) is 0 Å². The molecule has 0 saturated heterocycles. The van der Waals surface area contributed by atoms with Crippen LogP contribution in [0.5, 0.6) is 0 Å². The molecular formula is C43H38N4+2. The fourth-order valence-electron chi connectivity index (χ4n) is 6.86. The summed E-state index contributed by atoms with van der Waals surface area (Å²) >= 11 is 0. The molecule has 4 nitrogen and oxygen atoms in total. The topological polar surface area (TPSA) is 17.6 Å². The molecule has 228 valence electrons. The maximum absolute atomic E-state index is 2.39. The van der Waals surface area contributed by atoms with Crippen LogP contribution in [0.25, 0.3) is 67.9 Å². The van der Waals surface area contributed by atoms with E-state index in [9.17, 15) is 0 Å². The normalized spacial score (nSPS) is 12.2. The summed E-state index contributed by atoms with van der Waals surface area (Å²) in [7, 11) is 8.42. The minimum Gasteiger partial charge on any atom is -0.344 e. The quantitative estimate of drug-likeness (QED) is 0.168. The third-order valence-electron chi connectivity index (χ3n) is 9.54. The highest BCUT2D eigenvalue weighted by Crippen LogP contribution is 2.33. The molecule has 0 radical (unpaired) electrons. The maximum Gasteiger partial charge on any atom is 0.169 e. The Morgan fingerprint density at radius 1 is 0.426 bits per heavy atom. The van der Waals surface area contributed by atoms with Gasteiger partial charge in [-0.05, 0) is 88.3 Å². The molecule has 8 aromatic rings. The number of benzene rings is 4. The number of rotatable bonds is 6. The van der Waals surface area contributed by atoms with Crippen molar-refractivity contribution in [2.45, 2.75) is 6.42 Å². The van der Waals surface area contributed by atoms with Crippen LogP contribution in [0, 0.1) is 0 Å². The SMILES string of the molecule is Cn1c2ccc(/C=C/c3cc[n+](C)cc3)cc2c2cc(Cc3ccc4c(c3)c3cc(/C=C/c5cc[n+](C)cc5)ccc3n4C)ccc21.